The summed E-state index contributed by atoms with van der Waals surface area (Å²) in [6, 6.07) is 10.7. The highest BCUT2D eigenvalue weighted by molar-refractivity contribution is 5.14. The lowest BCUT2D eigenvalue weighted by Crippen LogP contribution is -2.32. The van der Waals surface area contributed by atoms with Crippen LogP contribution in [0.4, 0.5) is 0 Å². The van der Waals surface area contributed by atoms with Crippen molar-refractivity contribution in [1.82, 2.24) is 5.32 Å². The van der Waals surface area contributed by atoms with Crippen molar-refractivity contribution in [3.05, 3.63) is 35.9 Å². The number of rotatable bonds is 5. The Bertz CT molecular complexity index is 244. The molecule has 0 aliphatic heterocycles. The van der Waals surface area contributed by atoms with Crippen LogP contribution < -0.4 is 11.1 Å². The molecule has 2 heteroatoms. The minimum absolute atomic E-state index is 0.262. The zero-order chi connectivity index (χ0) is 10.4. The Balaban J connectivity index is 2.22. The maximum absolute atomic E-state index is 5.78. The molecule has 0 saturated carbocycles. The summed E-state index contributed by atoms with van der Waals surface area (Å²) >= 11 is 0. The molecule has 0 amide bonds. The molecule has 2 atom stereocenters. The van der Waals surface area contributed by atoms with Gasteiger partial charge in [0.05, 0.1) is 0 Å². The van der Waals surface area contributed by atoms with Gasteiger partial charge < -0.3 is 11.1 Å². The highest BCUT2D eigenvalue weighted by Gasteiger charge is 2.05. The van der Waals surface area contributed by atoms with Crippen LogP contribution in [0.15, 0.2) is 30.3 Å². The molecule has 2 nitrogen and oxygen atoms in total. The maximum Gasteiger partial charge on any atom is 0.0205 e. The number of hydrogen-bond acceptors (Lipinski definition) is 2. The molecule has 1 aromatic rings. The summed E-state index contributed by atoms with van der Waals surface area (Å²) in [6.07, 6.45) is 0. The monoisotopic (exact) mass is 192 g/mol. The molecule has 0 saturated heterocycles. The van der Waals surface area contributed by atoms with E-state index in [-0.39, 0.29) is 6.04 Å². The van der Waals surface area contributed by atoms with E-state index in [9.17, 15) is 0 Å². The fraction of sp³-hybridized carbons (Fsp3) is 0.500. The SMILES string of the molecule is CC(N)C(C)CNCc1ccccc1. The van der Waals surface area contributed by atoms with Gasteiger partial charge in [0.2, 0.25) is 0 Å². The molecule has 0 radical (unpaired) electrons. The Labute approximate surface area is 86.5 Å². The highest BCUT2D eigenvalue weighted by Crippen LogP contribution is 2.00. The summed E-state index contributed by atoms with van der Waals surface area (Å²) in [5.74, 6) is 0.527. The summed E-state index contributed by atoms with van der Waals surface area (Å²) < 4.78 is 0. The van der Waals surface area contributed by atoms with Crippen LogP contribution in [0.1, 0.15) is 19.4 Å². The second kappa shape index (κ2) is 5.78. The Morgan fingerprint density at radius 3 is 2.43 bits per heavy atom. The molecule has 0 bridgehead atoms. The van der Waals surface area contributed by atoms with Crippen molar-refractivity contribution in [3.8, 4) is 0 Å². The zero-order valence-corrected chi connectivity index (χ0v) is 9.03. The molecule has 14 heavy (non-hydrogen) atoms. The third kappa shape index (κ3) is 3.90. The Morgan fingerprint density at radius 2 is 1.86 bits per heavy atom. The van der Waals surface area contributed by atoms with Crippen LogP contribution in [0.3, 0.4) is 0 Å². The third-order valence-electron chi connectivity index (χ3n) is 2.54. The van der Waals surface area contributed by atoms with Crippen LogP contribution in [0.5, 0.6) is 0 Å². The Kier molecular flexibility index (Phi) is 4.63. The quantitative estimate of drug-likeness (QED) is 0.746. The van der Waals surface area contributed by atoms with Gasteiger partial charge in [-0.2, -0.15) is 0 Å². The van der Waals surface area contributed by atoms with Crippen LogP contribution in [-0.4, -0.2) is 12.6 Å². The number of nitrogens with one attached hydrogen (secondary N) is 1. The minimum Gasteiger partial charge on any atom is -0.328 e. The van der Waals surface area contributed by atoms with E-state index in [2.05, 4.69) is 43.4 Å². The van der Waals surface area contributed by atoms with Crippen molar-refractivity contribution in [3.63, 3.8) is 0 Å². The van der Waals surface area contributed by atoms with Gasteiger partial charge in [0, 0.05) is 12.6 Å². The Hall–Kier alpha value is -0.860. The van der Waals surface area contributed by atoms with Crippen molar-refractivity contribution >= 4 is 0 Å². The predicted molar refractivity (Wildman–Crippen MR) is 61.0 cm³/mol. The maximum atomic E-state index is 5.78. The van der Waals surface area contributed by atoms with Crippen molar-refractivity contribution in [2.24, 2.45) is 11.7 Å². The van der Waals surface area contributed by atoms with Crippen LogP contribution in [0, 0.1) is 5.92 Å². The van der Waals surface area contributed by atoms with Gasteiger partial charge in [-0.1, -0.05) is 37.3 Å². The second-order valence-corrected chi connectivity index (χ2v) is 3.95. The summed E-state index contributed by atoms with van der Waals surface area (Å²) in [5.41, 5.74) is 7.10. The van der Waals surface area contributed by atoms with Crippen molar-refractivity contribution < 1.29 is 0 Å². The van der Waals surface area contributed by atoms with Gasteiger partial charge in [0.15, 0.2) is 0 Å². The van der Waals surface area contributed by atoms with Gasteiger partial charge in [0.1, 0.15) is 0 Å². The molecule has 1 rings (SSSR count). The van der Waals surface area contributed by atoms with Crippen LogP contribution in [0.25, 0.3) is 0 Å². The second-order valence-electron chi connectivity index (χ2n) is 3.95. The number of benzene rings is 1. The molecular weight excluding hydrogens is 172 g/mol. The van der Waals surface area contributed by atoms with Crippen LogP contribution >= 0.6 is 0 Å². The smallest absolute Gasteiger partial charge is 0.0205 e. The van der Waals surface area contributed by atoms with E-state index < -0.39 is 0 Å². The van der Waals surface area contributed by atoms with Crippen molar-refractivity contribution in [1.29, 1.82) is 0 Å². The predicted octanol–water partition coefficient (Wildman–Crippen LogP) is 1.76. The molecule has 0 aliphatic carbocycles. The number of hydrogen-bond donors (Lipinski definition) is 2. The minimum atomic E-state index is 0.262. The summed E-state index contributed by atoms with van der Waals surface area (Å²) in [6.45, 7) is 6.13. The summed E-state index contributed by atoms with van der Waals surface area (Å²) in [4.78, 5) is 0. The van der Waals surface area contributed by atoms with E-state index in [1.54, 1.807) is 0 Å². The van der Waals surface area contributed by atoms with Gasteiger partial charge in [0.25, 0.3) is 0 Å². The highest BCUT2D eigenvalue weighted by atomic mass is 14.9. The summed E-state index contributed by atoms with van der Waals surface area (Å²) in [7, 11) is 0. The fourth-order valence-electron chi connectivity index (χ4n) is 1.23. The van der Waals surface area contributed by atoms with Gasteiger partial charge in [-0.05, 0) is 24.9 Å². The van der Waals surface area contributed by atoms with Crippen molar-refractivity contribution in [2.45, 2.75) is 26.4 Å². The third-order valence-corrected chi connectivity index (χ3v) is 2.54. The van der Waals surface area contributed by atoms with Gasteiger partial charge in [-0.15, -0.1) is 0 Å². The molecule has 3 N–H and O–H groups in total. The first-order valence-electron chi connectivity index (χ1n) is 5.20. The molecule has 0 aromatic heterocycles. The first-order valence-corrected chi connectivity index (χ1v) is 5.20. The molecule has 78 valence electrons. The van der Waals surface area contributed by atoms with Gasteiger partial charge in [-0.3, -0.25) is 0 Å². The first-order chi connectivity index (χ1) is 6.70. The van der Waals surface area contributed by atoms with Crippen molar-refractivity contribution in [2.75, 3.05) is 6.54 Å². The lowest BCUT2D eigenvalue weighted by atomic mass is 10.1. The molecule has 1 aromatic carbocycles. The largest absolute Gasteiger partial charge is 0.328 e. The lowest BCUT2D eigenvalue weighted by molar-refractivity contribution is 0.445. The van der Waals surface area contributed by atoms with Crippen LogP contribution in [-0.2, 0) is 6.54 Å². The average Bonchev–Trinajstić information content (AvgIpc) is 2.19. The topological polar surface area (TPSA) is 38.0 Å². The summed E-state index contributed by atoms with van der Waals surface area (Å²) in [5, 5.41) is 3.40. The average molecular weight is 192 g/mol. The van der Waals surface area contributed by atoms with E-state index >= 15 is 0 Å². The molecule has 0 spiro atoms. The molecule has 0 fully saturated rings. The first kappa shape index (κ1) is 11.2. The van der Waals surface area contributed by atoms with E-state index in [0.29, 0.717) is 5.92 Å². The zero-order valence-electron chi connectivity index (χ0n) is 9.03. The van der Waals surface area contributed by atoms with Crippen LogP contribution in [0.2, 0.25) is 0 Å². The van der Waals surface area contributed by atoms with E-state index in [1.165, 1.54) is 5.56 Å². The van der Waals surface area contributed by atoms with Gasteiger partial charge >= 0.3 is 0 Å². The fourth-order valence-corrected chi connectivity index (χ4v) is 1.23. The molecule has 0 aliphatic rings. The standard InChI is InChI=1S/C12H20N2/c1-10(11(2)13)8-14-9-12-6-4-3-5-7-12/h3-7,10-11,14H,8-9,13H2,1-2H3. The van der Waals surface area contributed by atoms with Gasteiger partial charge in [-0.25, -0.2) is 0 Å². The van der Waals surface area contributed by atoms with E-state index in [4.69, 9.17) is 5.73 Å². The molecule has 2 unspecified atom stereocenters. The molecule has 0 heterocycles. The Morgan fingerprint density at radius 1 is 1.21 bits per heavy atom. The van der Waals surface area contributed by atoms with E-state index in [1.807, 2.05) is 6.07 Å². The lowest BCUT2D eigenvalue weighted by Gasteiger charge is -2.15. The number of nitrogens with two attached hydrogens (primary N) is 1. The normalized spacial score (nSPS) is 15.1. The van der Waals surface area contributed by atoms with E-state index in [0.717, 1.165) is 13.1 Å². The molecular formula is C12H20N2.